The molecule has 0 amide bonds. The lowest BCUT2D eigenvalue weighted by molar-refractivity contribution is 0.174. The first kappa shape index (κ1) is 19.4. The quantitative estimate of drug-likeness (QED) is 0.495. The molecule has 0 saturated heterocycles. The van der Waals surface area contributed by atoms with Crippen molar-refractivity contribution in [3.05, 3.63) is 86.8 Å². The first-order valence-electron chi connectivity index (χ1n) is 9.53. The molecule has 0 aromatic heterocycles. The highest BCUT2D eigenvalue weighted by Crippen LogP contribution is 2.38. The predicted octanol–water partition coefficient (Wildman–Crippen LogP) is 5.76. The van der Waals surface area contributed by atoms with E-state index in [9.17, 15) is 5.11 Å². The van der Waals surface area contributed by atoms with Crippen LogP contribution in [0.15, 0.2) is 70.1 Å². The molecule has 2 aliphatic rings. The minimum atomic E-state index is -0.278. The number of hydrogen-bond acceptors (Lipinski definition) is 5. The molecule has 0 saturated carbocycles. The number of rotatable bonds is 3. The fourth-order valence-electron chi connectivity index (χ4n) is 3.78. The highest BCUT2D eigenvalue weighted by Gasteiger charge is 2.28. The average Bonchev–Trinajstić information content (AvgIpc) is 3.23. The maximum absolute atomic E-state index is 10.5. The molecule has 5 nitrogen and oxygen atoms in total. The molecule has 0 aliphatic carbocycles. The van der Waals surface area contributed by atoms with Crippen LogP contribution < -0.4 is 14.8 Å². The third-order valence-electron chi connectivity index (χ3n) is 5.30. The fraction of sp³-hybridized carbons (Fsp3) is 0.174. The van der Waals surface area contributed by atoms with Crippen molar-refractivity contribution >= 4 is 33.2 Å². The van der Waals surface area contributed by atoms with Gasteiger partial charge >= 0.3 is 0 Å². The van der Waals surface area contributed by atoms with Gasteiger partial charge in [-0.3, -0.25) is 10.3 Å². The van der Waals surface area contributed by atoms with Gasteiger partial charge in [0.25, 0.3) is 0 Å². The van der Waals surface area contributed by atoms with E-state index in [1.165, 1.54) is 0 Å². The molecule has 0 bridgehead atoms. The summed E-state index contributed by atoms with van der Waals surface area (Å²) in [6.07, 6.45) is 0.341. The van der Waals surface area contributed by atoms with Crippen molar-refractivity contribution in [3.63, 3.8) is 0 Å². The van der Waals surface area contributed by atoms with E-state index in [1.807, 2.05) is 54.6 Å². The number of fused-ring (bicyclic) bond motifs is 1. The van der Waals surface area contributed by atoms with Crippen molar-refractivity contribution in [1.29, 1.82) is 0 Å². The number of hydrogen-bond donors (Lipinski definition) is 2. The molecule has 7 heteroatoms. The fourth-order valence-corrected chi connectivity index (χ4v) is 4.28. The van der Waals surface area contributed by atoms with Crippen LogP contribution in [0, 0.1) is 0 Å². The number of nitrogens with zero attached hydrogens (tertiary/aromatic N) is 1. The lowest BCUT2D eigenvalue weighted by Crippen LogP contribution is -2.33. The lowest BCUT2D eigenvalue weighted by atomic mass is 9.93. The van der Waals surface area contributed by atoms with Crippen LogP contribution in [0.1, 0.15) is 35.3 Å². The summed E-state index contributed by atoms with van der Waals surface area (Å²) in [6, 6.07) is 18.8. The second-order valence-corrected chi connectivity index (χ2v) is 8.58. The summed E-state index contributed by atoms with van der Waals surface area (Å²) in [5.41, 5.74) is 3.71. The third kappa shape index (κ3) is 3.78. The zero-order valence-electron chi connectivity index (χ0n) is 15.8. The number of ether oxygens (including phenoxy) is 2. The molecule has 3 aromatic rings. The molecule has 2 N–H and O–H groups in total. The third-order valence-corrected chi connectivity index (χ3v) is 6.04. The Labute approximate surface area is 187 Å². The Kier molecular flexibility index (Phi) is 5.15. The van der Waals surface area contributed by atoms with Crippen molar-refractivity contribution in [2.45, 2.75) is 18.6 Å². The maximum Gasteiger partial charge on any atom is 0.231 e. The van der Waals surface area contributed by atoms with Crippen molar-refractivity contribution in [2.24, 2.45) is 4.99 Å². The summed E-state index contributed by atoms with van der Waals surface area (Å²) in [5.74, 6) is 1.71. The average molecular weight is 486 g/mol. The summed E-state index contributed by atoms with van der Waals surface area (Å²) in [6.45, 7) is 0.231. The molecule has 3 aromatic carbocycles. The van der Waals surface area contributed by atoms with E-state index in [0.717, 1.165) is 38.4 Å². The summed E-state index contributed by atoms with van der Waals surface area (Å²) in [4.78, 5) is 4.98. The largest absolute Gasteiger partial charge is 0.508 e. The molecule has 5 rings (SSSR count). The number of halogens is 2. The number of phenolic OH excluding ortho intramolecular Hbond substituents is 1. The summed E-state index contributed by atoms with van der Waals surface area (Å²) >= 11 is 9.58. The van der Waals surface area contributed by atoms with Gasteiger partial charge in [-0.1, -0.05) is 39.7 Å². The molecule has 0 spiro atoms. The van der Waals surface area contributed by atoms with Crippen molar-refractivity contribution in [3.8, 4) is 17.2 Å². The Balaban J connectivity index is 1.56. The van der Waals surface area contributed by atoms with Crippen LogP contribution in [0.5, 0.6) is 17.2 Å². The van der Waals surface area contributed by atoms with Crippen LogP contribution in [-0.2, 0) is 0 Å². The molecule has 2 atom stereocenters. The smallest absolute Gasteiger partial charge is 0.231 e. The van der Waals surface area contributed by atoms with Crippen LogP contribution >= 0.6 is 27.5 Å². The minimum Gasteiger partial charge on any atom is -0.508 e. The van der Waals surface area contributed by atoms with Crippen LogP contribution in [0.2, 0.25) is 5.02 Å². The zero-order valence-corrected chi connectivity index (χ0v) is 18.2. The predicted molar refractivity (Wildman–Crippen MR) is 120 cm³/mol. The molecule has 0 radical (unpaired) electrons. The first-order valence-corrected chi connectivity index (χ1v) is 10.7. The Morgan fingerprint density at radius 3 is 2.63 bits per heavy atom. The highest BCUT2D eigenvalue weighted by atomic mass is 79.9. The van der Waals surface area contributed by atoms with Gasteiger partial charge < -0.3 is 14.6 Å². The van der Waals surface area contributed by atoms with Crippen molar-refractivity contribution in [1.82, 2.24) is 5.32 Å². The SMILES string of the molecule is Oc1ccc(Br)cc1[C@H]1CC(c2ccc3c(c2)OCO3)=N[C@@H](c2ccc(Cl)cc2)N1. The van der Waals surface area contributed by atoms with E-state index in [0.29, 0.717) is 11.4 Å². The molecule has 30 heavy (non-hydrogen) atoms. The van der Waals surface area contributed by atoms with Gasteiger partial charge in [0, 0.05) is 33.2 Å². The second-order valence-electron chi connectivity index (χ2n) is 7.22. The second kappa shape index (κ2) is 7.95. The van der Waals surface area contributed by atoms with Crippen LogP contribution in [0.25, 0.3) is 0 Å². The van der Waals surface area contributed by atoms with Crippen LogP contribution in [-0.4, -0.2) is 17.6 Å². The molecule has 2 heterocycles. The molecule has 0 unspecified atom stereocenters. The van der Waals surface area contributed by atoms with Gasteiger partial charge in [0.15, 0.2) is 11.5 Å². The van der Waals surface area contributed by atoms with E-state index in [1.54, 1.807) is 6.07 Å². The van der Waals surface area contributed by atoms with Gasteiger partial charge in [-0.25, -0.2) is 0 Å². The Bertz CT molecular complexity index is 1130. The van der Waals surface area contributed by atoms with Crippen molar-refractivity contribution < 1.29 is 14.6 Å². The molecular formula is C23H18BrClN2O3. The Hall–Kier alpha value is -2.54. The Morgan fingerprint density at radius 1 is 1.00 bits per heavy atom. The summed E-state index contributed by atoms with van der Waals surface area (Å²) in [5, 5.41) is 14.7. The van der Waals surface area contributed by atoms with E-state index >= 15 is 0 Å². The van der Waals surface area contributed by atoms with Crippen LogP contribution in [0.3, 0.4) is 0 Å². The van der Waals surface area contributed by atoms with Gasteiger partial charge in [-0.2, -0.15) is 0 Å². The zero-order chi connectivity index (χ0) is 20.7. The number of phenols is 1. The van der Waals surface area contributed by atoms with Gasteiger partial charge in [0.1, 0.15) is 11.9 Å². The van der Waals surface area contributed by atoms with Crippen molar-refractivity contribution in [2.75, 3.05) is 6.79 Å². The van der Waals surface area contributed by atoms with Gasteiger partial charge in [0.05, 0.1) is 0 Å². The molecule has 0 fully saturated rings. The highest BCUT2D eigenvalue weighted by molar-refractivity contribution is 9.10. The topological polar surface area (TPSA) is 63.1 Å². The van der Waals surface area contributed by atoms with E-state index in [2.05, 4.69) is 21.2 Å². The summed E-state index contributed by atoms with van der Waals surface area (Å²) < 4.78 is 11.9. The Morgan fingerprint density at radius 2 is 1.80 bits per heavy atom. The summed E-state index contributed by atoms with van der Waals surface area (Å²) in [7, 11) is 0. The van der Waals surface area contributed by atoms with Gasteiger partial charge in [-0.05, 0) is 59.7 Å². The molecular weight excluding hydrogens is 468 g/mol. The normalized spacial score (nSPS) is 20.1. The number of nitrogens with one attached hydrogen (secondary N) is 1. The number of aromatic hydroxyl groups is 1. The minimum absolute atomic E-state index is 0.124. The van der Waals surface area contributed by atoms with Crippen LogP contribution in [0.4, 0.5) is 0 Å². The number of aliphatic imine (C=N–C) groups is 1. The standard InChI is InChI=1S/C23H18BrClN2O3/c24-15-4-7-20(28)17(10-15)19-11-18(14-3-8-21-22(9-14)30-12-29-21)26-23(27-19)13-1-5-16(25)6-2-13/h1-10,19,23,27-28H,11-12H2/t19-,23-/m1/s1. The van der Waals surface area contributed by atoms with E-state index < -0.39 is 0 Å². The first-order chi connectivity index (χ1) is 14.6. The van der Waals surface area contributed by atoms with Gasteiger partial charge in [0.2, 0.25) is 6.79 Å². The van der Waals surface area contributed by atoms with E-state index in [4.69, 9.17) is 26.1 Å². The monoisotopic (exact) mass is 484 g/mol. The maximum atomic E-state index is 10.5. The lowest BCUT2D eigenvalue weighted by Gasteiger charge is -2.31. The molecule has 152 valence electrons. The van der Waals surface area contributed by atoms with Gasteiger partial charge in [-0.15, -0.1) is 0 Å². The molecule has 2 aliphatic heterocycles. The van der Waals surface area contributed by atoms with E-state index in [-0.39, 0.29) is 24.8 Å². The number of benzene rings is 3.